The van der Waals surface area contributed by atoms with Gasteiger partial charge in [-0.05, 0) is 26.0 Å². The lowest BCUT2D eigenvalue weighted by Crippen LogP contribution is -1.87. The number of hydrogen-bond donors (Lipinski definition) is 2. The van der Waals surface area contributed by atoms with Crippen LogP contribution in [0, 0.1) is 13.8 Å². The molecule has 4 nitrogen and oxygen atoms in total. The molecular weight excluding hydrogens is 176 g/mol. The van der Waals surface area contributed by atoms with Crippen molar-refractivity contribution < 1.29 is 0 Å². The van der Waals surface area contributed by atoms with Crippen LogP contribution in [0.15, 0.2) is 18.3 Å². The molecule has 0 amide bonds. The van der Waals surface area contributed by atoms with Crippen LogP contribution in [-0.2, 0) is 0 Å². The van der Waals surface area contributed by atoms with Gasteiger partial charge in [-0.15, -0.1) is 0 Å². The van der Waals surface area contributed by atoms with Gasteiger partial charge in [-0.2, -0.15) is 5.10 Å². The van der Waals surface area contributed by atoms with E-state index in [2.05, 4.69) is 15.2 Å². The second kappa shape index (κ2) is 3.14. The standard InChI is InChI=1S/C10H12N4/c1-6-5-8(3-4-12-6)9-7(2)10(11)14-13-9/h3-5H,1-2H3,(H3,11,13,14). The van der Waals surface area contributed by atoms with Crippen LogP contribution < -0.4 is 5.73 Å². The van der Waals surface area contributed by atoms with E-state index >= 15 is 0 Å². The molecule has 2 heterocycles. The number of hydrogen-bond acceptors (Lipinski definition) is 3. The van der Waals surface area contributed by atoms with Crippen molar-refractivity contribution >= 4 is 5.82 Å². The van der Waals surface area contributed by atoms with E-state index in [9.17, 15) is 0 Å². The number of nitrogen functional groups attached to an aromatic ring is 1. The molecular formula is C10H12N4. The number of nitrogens with two attached hydrogens (primary N) is 1. The number of aryl methyl sites for hydroxylation is 1. The predicted octanol–water partition coefficient (Wildman–Crippen LogP) is 1.67. The third kappa shape index (κ3) is 1.35. The zero-order chi connectivity index (χ0) is 10.1. The molecule has 0 bridgehead atoms. The highest BCUT2D eigenvalue weighted by Crippen LogP contribution is 2.23. The van der Waals surface area contributed by atoms with Gasteiger partial charge in [0.2, 0.25) is 0 Å². The molecule has 72 valence electrons. The molecule has 2 aromatic rings. The number of pyridine rings is 1. The fourth-order valence-corrected chi connectivity index (χ4v) is 1.39. The minimum absolute atomic E-state index is 0.550. The first kappa shape index (κ1) is 8.74. The first-order valence-electron chi connectivity index (χ1n) is 4.42. The number of anilines is 1. The molecule has 2 aromatic heterocycles. The molecule has 4 heteroatoms. The van der Waals surface area contributed by atoms with E-state index in [0.29, 0.717) is 5.82 Å². The number of rotatable bonds is 1. The minimum Gasteiger partial charge on any atom is -0.382 e. The lowest BCUT2D eigenvalue weighted by atomic mass is 10.1. The first-order chi connectivity index (χ1) is 6.68. The lowest BCUT2D eigenvalue weighted by Gasteiger charge is -1.99. The SMILES string of the molecule is Cc1cc(-c2[nH]nc(N)c2C)ccn1. The molecule has 0 saturated carbocycles. The maximum absolute atomic E-state index is 5.66. The zero-order valence-corrected chi connectivity index (χ0v) is 8.20. The summed E-state index contributed by atoms with van der Waals surface area (Å²) in [6, 6.07) is 3.94. The Morgan fingerprint density at radius 2 is 2.14 bits per heavy atom. The lowest BCUT2D eigenvalue weighted by molar-refractivity contribution is 1.10. The highest BCUT2D eigenvalue weighted by molar-refractivity contribution is 5.67. The van der Waals surface area contributed by atoms with Gasteiger partial charge in [0.1, 0.15) is 5.82 Å². The van der Waals surface area contributed by atoms with Gasteiger partial charge in [-0.3, -0.25) is 10.1 Å². The average Bonchev–Trinajstić information content (AvgIpc) is 2.48. The highest BCUT2D eigenvalue weighted by Gasteiger charge is 2.07. The fourth-order valence-electron chi connectivity index (χ4n) is 1.39. The number of H-pyrrole nitrogens is 1. The quantitative estimate of drug-likeness (QED) is 0.715. The van der Waals surface area contributed by atoms with Gasteiger partial charge in [0.05, 0.1) is 5.69 Å². The van der Waals surface area contributed by atoms with Crippen LogP contribution in [0.2, 0.25) is 0 Å². The Balaban J connectivity index is 2.55. The molecule has 0 radical (unpaired) electrons. The maximum atomic E-state index is 5.66. The Labute approximate surface area is 82.2 Å². The number of aromatic amines is 1. The van der Waals surface area contributed by atoms with Crippen LogP contribution in [0.4, 0.5) is 5.82 Å². The minimum atomic E-state index is 0.550. The van der Waals surface area contributed by atoms with Crippen molar-refractivity contribution in [2.75, 3.05) is 5.73 Å². The summed E-state index contributed by atoms with van der Waals surface area (Å²) in [4.78, 5) is 4.14. The van der Waals surface area contributed by atoms with E-state index in [1.54, 1.807) is 6.20 Å². The van der Waals surface area contributed by atoms with E-state index < -0.39 is 0 Å². The predicted molar refractivity (Wildman–Crippen MR) is 55.7 cm³/mol. The smallest absolute Gasteiger partial charge is 0.148 e. The summed E-state index contributed by atoms with van der Waals surface area (Å²) in [6.45, 7) is 3.91. The molecule has 0 saturated heterocycles. The summed E-state index contributed by atoms with van der Waals surface area (Å²) in [7, 11) is 0. The zero-order valence-electron chi connectivity index (χ0n) is 8.20. The van der Waals surface area contributed by atoms with E-state index in [1.807, 2.05) is 26.0 Å². The van der Waals surface area contributed by atoms with Gasteiger partial charge >= 0.3 is 0 Å². The van der Waals surface area contributed by atoms with E-state index in [0.717, 1.165) is 22.5 Å². The fraction of sp³-hybridized carbons (Fsp3) is 0.200. The summed E-state index contributed by atoms with van der Waals surface area (Å²) < 4.78 is 0. The topological polar surface area (TPSA) is 67.6 Å². The Morgan fingerprint density at radius 3 is 2.71 bits per heavy atom. The van der Waals surface area contributed by atoms with Gasteiger partial charge in [0, 0.05) is 23.0 Å². The third-order valence-electron chi connectivity index (χ3n) is 2.23. The molecule has 0 atom stereocenters. The van der Waals surface area contributed by atoms with Crippen molar-refractivity contribution in [1.82, 2.24) is 15.2 Å². The van der Waals surface area contributed by atoms with Gasteiger partial charge in [0.15, 0.2) is 0 Å². The monoisotopic (exact) mass is 188 g/mol. The third-order valence-corrected chi connectivity index (χ3v) is 2.23. The molecule has 0 aliphatic heterocycles. The number of aromatic nitrogens is 3. The highest BCUT2D eigenvalue weighted by atomic mass is 15.2. The molecule has 0 spiro atoms. The van der Waals surface area contributed by atoms with E-state index in [4.69, 9.17) is 5.73 Å². The Bertz CT molecular complexity index is 459. The van der Waals surface area contributed by atoms with Gasteiger partial charge in [-0.25, -0.2) is 0 Å². The Morgan fingerprint density at radius 1 is 1.36 bits per heavy atom. The van der Waals surface area contributed by atoms with Crippen molar-refractivity contribution in [2.45, 2.75) is 13.8 Å². The molecule has 0 aliphatic rings. The van der Waals surface area contributed by atoms with E-state index in [1.165, 1.54) is 0 Å². The molecule has 2 rings (SSSR count). The van der Waals surface area contributed by atoms with Gasteiger partial charge in [-0.1, -0.05) is 0 Å². The second-order valence-corrected chi connectivity index (χ2v) is 3.29. The van der Waals surface area contributed by atoms with Gasteiger partial charge in [0.25, 0.3) is 0 Å². The summed E-state index contributed by atoms with van der Waals surface area (Å²) in [5, 5.41) is 6.87. The van der Waals surface area contributed by atoms with Crippen LogP contribution in [-0.4, -0.2) is 15.2 Å². The molecule has 3 N–H and O–H groups in total. The summed E-state index contributed by atoms with van der Waals surface area (Å²) >= 11 is 0. The normalized spacial score (nSPS) is 10.4. The first-order valence-corrected chi connectivity index (χ1v) is 4.42. The van der Waals surface area contributed by atoms with Crippen LogP contribution in [0.1, 0.15) is 11.3 Å². The van der Waals surface area contributed by atoms with Crippen LogP contribution >= 0.6 is 0 Å². The largest absolute Gasteiger partial charge is 0.382 e. The van der Waals surface area contributed by atoms with E-state index in [-0.39, 0.29) is 0 Å². The number of nitrogens with zero attached hydrogens (tertiary/aromatic N) is 2. The molecule has 14 heavy (non-hydrogen) atoms. The summed E-state index contributed by atoms with van der Waals surface area (Å²) in [5.74, 6) is 0.550. The van der Waals surface area contributed by atoms with Crippen molar-refractivity contribution in [3.63, 3.8) is 0 Å². The Hall–Kier alpha value is -1.84. The second-order valence-electron chi connectivity index (χ2n) is 3.29. The summed E-state index contributed by atoms with van der Waals surface area (Å²) in [5.41, 5.74) is 9.66. The summed E-state index contributed by atoms with van der Waals surface area (Å²) in [6.07, 6.45) is 1.78. The van der Waals surface area contributed by atoms with Crippen LogP contribution in [0.5, 0.6) is 0 Å². The molecule has 0 aromatic carbocycles. The van der Waals surface area contributed by atoms with Crippen molar-refractivity contribution in [3.05, 3.63) is 29.6 Å². The van der Waals surface area contributed by atoms with Crippen molar-refractivity contribution in [3.8, 4) is 11.3 Å². The van der Waals surface area contributed by atoms with Crippen LogP contribution in [0.3, 0.4) is 0 Å². The molecule has 0 fully saturated rings. The average molecular weight is 188 g/mol. The van der Waals surface area contributed by atoms with Crippen molar-refractivity contribution in [1.29, 1.82) is 0 Å². The molecule has 0 unspecified atom stereocenters. The number of nitrogens with one attached hydrogen (secondary N) is 1. The van der Waals surface area contributed by atoms with Gasteiger partial charge < -0.3 is 5.73 Å². The molecule has 0 aliphatic carbocycles. The maximum Gasteiger partial charge on any atom is 0.148 e. The van der Waals surface area contributed by atoms with Crippen molar-refractivity contribution in [2.24, 2.45) is 0 Å². The Kier molecular flexibility index (Phi) is 1.96. The van der Waals surface area contributed by atoms with Crippen LogP contribution in [0.25, 0.3) is 11.3 Å².